The van der Waals surface area contributed by atoms with Gasteiger partial charge in [0.05, 0.1) is 12.7 Å². The highest BCUT2D eigenvalue weighted by molar-refractivity contribution is 5.94. The van der Waals surface area contributed by atoms with E-state index in [1.165, 1.54) is 63.8 Å². The summed E-state index contributed by atoms with van der Waals surface area (Å²) in [6.07, 6.45) is 10.5. The van der Waals surface area contributed by atoms with Crippen molar-refractivity contribution in [3.8, 4) is 0 Å². The number of carbonyl (C=O) groups is 2. The van der Waals surface area contributed by atoms with E-state index in [0.717, 1.165) is 0 Å². The molecule has 2 fully saturated rings. The fourth-order valence-corrected chi connectivity index (χ4v) is 3.79. The van der Waals surface area contributed by atoms with E-state index in [4.69, 9.17) is 0 Å². The summed E-state index contributed by atoms with van der Waals surface area (Å²) in [5, 5.41) is 5.55. The molecule has 2 atom stereocenters. The van der Waals surface area contributed by atoms with E-state index in [1.807, 2.05) is 0 Å². The number of rotatable bonds is 5. The van der Waals surface area contributed by atoms with Crippen molar-refractivity contribution in [3.05, 3.63) is 24.3 Å². The van der Waals surface area contributed by atoms with Crippen LogP contribution in [-0.4, -0.2) is 58.9 Å². The Bertz CT molecular complexity index is 563. The van der Waals surface area contributed by atoms with Gasteiger partial charge in [0.15, 0.2) is 0 Å². The Kier molecular flexibility index (Phi) is 5.74. The summed E-state index contributed by atoms with van der Waals surface area (Å²) in [5.74, 6) is -0.00626. The number of hydrogen-bond acceptors (Lipinski definition) is 5. The summed E-state index contributed by atoms with van der Waals surface area (Å²) in [5.41, 5.74) is 0.218. The second-order valence-electron chi connectivity index (χ2n) is 6.58. The van der Waals surface area contributed by atoms with Gasteiger partial charge in [0.2, 0.25) is 5.91 Å². The molecule has 2 amide bonds. The monoisotopic (exact) mass is 331 g/mol. The van der Waals surface area contributed by atoms with Crippen molar-refractivity contribution < 1.29 is 9.59 Å². The highest BCUT2D eigenvalue weighted by atomic mass is 16.2. The van der Waals surface area contributed by atoms with E-state index in [2.05, 4.69) is 25.5 Å². The van der Waals surface area contributed by atoms with E-state index in [0.29, 0.717) is 18.5 Å². The van der Waals surface area contributed by atoms with Crippen LogP contribution in [0.3, 0.4) is 0 Å². The number of nitrogens with zero attached hydrogens (tertiary/aromatic N) is 3. The Labute approximate surface area is 142 Å². The zero-order valence-corrected chi connectivity index (χ0v) is 13.9. The minimum atomic E-state index is -0.380. The minimum Gasteiger partial charge on any atom is -0.354 e. The first-order valence-electron chi connectivity index (χ1n) is 8.79. The van der Waals surface area contributed by atoms with Crippen LogP contribution in [0.5, 0.6) is 0 Å². The second-order valence-corrected chi connectivity index (χ2v) is 6.58. The number of hydrogen-bond donors (Lipinski definition) is 2. The third-order valence-electron chi connectivity index (χ3n) is 5.00. The van der Waals surface area contributed by atoms with Gasteiger partial charge in [-0.3, -0.25) is 14.6 Å². The number of piperidine rings is 2. The summed E-state index contributed by atoms with van der Waals surface area (Å²) >= 11 is 0. The summed E-state index contributed by atoms with van der Waals surface area (Å²) in [7, 11) is 0. The molecule has 1 aromatic rings. The molecule has 7 heteroatoms. The van der Waals surface area contributed by atoms with Gasteiger partial charge in [0.25, 0.3) is 5.91 Å². The van der Waals surface area contributed by atoms with Crippen LogP contribution in [-0.2, 0) is 4.79 Å². The zero-order chi connectivity index (χ0) is 16.8. The van der Waals surface area contributed by atoms with Crippen molar-refractivity contribution >= 4 is 11.8 Å². The Hall–Kier alpha value is -2.02. The van der Waals surface area contributed by atoms with Gasteiger partial charge in [-0.1, -0.05) is 6.42 Å². The van der Waals surface area contributed by atoms with Gasteiger partial charge in [-0.05, 0) is 44.7 Å². The number of carbonyl (C=O) groups excluding carboxylic acids is 2. The van der Waals surface area contributed by atoms with Crippen molar-refractivity contribution in [1.82, 2.24) is 25.5 Å². The lowest BCUT2D eigenvalue weighted by atomic mass is 9.83. The predicted octanol–water partition coefficient (Wildman–Crippen LogP) is 0.587. The largest absolute Gasteiger partial charge is 0.354 e. The molecule has 2 N–H and O–H groups in total. The molecule has 0 bridgehead atoms. The maximum Gasteiger partial charge on any atom is 0.271 e. The Morgan fingerprint density at radius 3 is 2.83 bits per heavy atom. The standard InChI is InChI=1S/C17H25N5O2/c23-16(12-21-17(24)14-11-18-6-7-19-14)20-10-13-4-3-9-22-8-2-1-5-15(13)22/h6-7,11,13,15H,1-5,8-10,12H2,(H,20,23)(H,21,24). The van der Waals surface area contributed by atoms with Crippen LogP contribution in [0.15, 0.2) is 18.6 Å². The van der Waals surface area contributed by atoms with Gasteiger partial charge in [-0.2, -0.15) is 0 Å². The van der Waals surface area contributed by atoms with Crippen molar-refractivity contribution in [2.24, 2.45) is 5.92 Å². The molecule has 2 aliphatic heterocycles. The van der Waals surface area contributed by atoms with Gasteiger partial charge in [-0.15, -0.1) is 0 Å². The quantitative estimate of drug-likeness (QED) is 0.824. The fraction of sp³-hybridized carbons (Fsp3) is 0.647. The Balaban J connectivity index is 1.41. The molecule has 2 saturated heterocycles. The van der Waals surface area contributed by atoms with Gasteiger partial charge in [-0.25, -0.2) is 4.98 Å². The summed E-state index contributed by atoms with van der Waals surface area (Å²) in [4.78, 5) is 34.2. The van der Waals surface area contributed by atoms with E-state index >= 15 is 0 Å². The Morgan fingerprint density at radius 1 is 1.12 bits per heavy atom. The van der Waals surface area contributed by atoms with Gasteiger partial charge in [0.1, 0.15) is 5.69 Å². The first-order chi connectivity index (χ1) is 11.7. The van der Waals surface area contributed by atoms with Crippen molar-refractivity contribution in [1.29, 1.82) is 0 Å². The number of nitrogens with one attached hydrogen (secondary N) is 2. The second kappa shape index (κ2) is 8.19. The first-order valence-corrected chi connectivity index (χ1v) is 8.79. The maximum absolute atomic E-state index is 12.0. The SMILES string of the molecule is O=C(CNC(=O)c1cnccn1)NCC1CCCN2CCCCC12. The third kappa shape index (κ3) is 4.29. The van der Waals surface area contributed by atoms with Crippen LogP contribution < -0.4 is 10.6 Å². The average Bonchev–Trinajstić information content (AvgIpc) is 2.65. The molecule has 7 nitrogen and oxygen atoms in total. The first kappa shape index (κ1) is 16.8. The van der Waals surface area contributed by atoms with Crippen molar-refractivity contribution in [2.75, 3.05) is 26.2 Å². The fourth-order valence-electron chi connectivity index (χ4n) is 3.79. The molecular formula is C17H25N5O2. The van der Waals surface area contributed by atoms with Crippen LogP contribution in [0.1, 0.15) is 42.6 Å². The molecule has 130 valence electrons. The van der Waals surface area contributed by atoms with Gasteiger partial charge in [0, 0.05) is 25.0 Å². The Morgan fingerprint density at radius 2 is 2.00 bits per heavy atom. The molecule has 0 radical (unpaired) electrons. The van der Waals surface area contributed by atoms with E-state index in [9.17, 15) is 9.59 Å². The average molecular weight is 331 g/mol. The third-order valence-corrected chi connectivity index (χ3v) is 5.00. The van der Waals surface area contributed by atoms with Crippen LogP contribution in [0.2, 0.25) is 0 Å². The molecule has 0 saturated carbocycles. The lowest BCUT2D eigenvalue weighted by Crippen LogP contribution is -2.51. The van der Waals surface area contributed by atoms with Crippen molar-refractivity contribution in [3.63, 3.8) is 0 Å². The highest BCUT2D eigenvalue weighted by Gasteiger charge is 2.32. The lowest BCUT2D eigenvalue weighted by molar-refractivity contribution is -0.120. The normalized spacial score (nSPS) is 24.0. The molecule has 0 aromatic carbocycles. The highest BCUT2D eigenvalue weighted by Crippen LogP contribution is 2.30. The molecule has 3 heterocycles. The van der Waals surface area contributed by atoms with Crippen molar-refractivity contribution in [2.45, 2.75) is 38.1 Å². The van der Waals surface area contributed by atoms with E-state index in [-0.39, 0.29) is 24.1 Å². The maximum atomic E-state index is 12.0. The lowest BCUT2D eigenvalue weighted by Gasteiger charge is -2.44. The predicted molar refractivity (Wildman–Crippen MR) is 89.3 cm³/mol. The molecule has 2 aliphatic rings. The van der Waals surface area contributed by atoms with Gasteiger partial charge < -0.3 is 15.5 Å². The minimum absolute atomic E-state index is 0.0312. The molecule has 1 aromatic heterocycles. The summed E-state index contributed by atoms with van der Waals surface area (Å²) in [6, 6.07) is 0.613. The van der Waals surface area contributed by atoms with Crippen LogP contribution in [0.4, 0.5) is 0 Å². The molecule has 24 heavy (non-hydrogen) atoms. The molecule has 3 rings (SSSR count). The number of amides is 2. The smallest absolute Gasteiger partial charge is 0.271 e. The molecular weight excluding hydrogens is 306 g/mol. The molecule has 0 aliphatic carbocycles. The summed E-state index contributed by atoms with van der Waals surface area (Å²) in [6.45, 7) is 3.06. The van der Waals surface area contributed by atoms with Gasteiger partial charge >= 0.3 is 0 Å². The van der Waals surface area contributed by atoms with Crippen LogP contribution >= 0.6 is 0 Å². The summed E-state index contributed by atoms with van der Waals surface area (Å²) < 4.78 is 0. The number of fused-ring (bicyclic) bond motifs is 1. The topological polar surface area (TPSA) is 87.2 Å². The molecule has 2 unspecified atom stereocenters. The van der Waals surface area contributed by atoms with E-state index in [1.54, 1.807) is 0 Å². The van der Waals surface area contributed by atoms with E-state index < -0.39 is 0 Å². The van der Waals surface area contributed by atoms with Crippen LogP contribution in [0.25, 0.3) is 0 Å². The molecule has 0 spiro atoms. The van der Waals surface area contributed by atoms with Crippen LogP contribution in [0, 0.1) is 5.92 Å². The number of aromatic nitrogens is 2. The zero-order valence-electron chi connectivity index (χ0n) is 13.9.